The van der Waals surface area contributed by atoms with Gasteiger partial charge >= 0.3 is 0 Å². The molecule has 2 N–H and O–H groups in total. The average Bonchev–Trinajstić information content (AvgIpc) is 3.05. The number of benzene rings is 2. The van der Waals surface area contributed by atoms with Crippen LogP contribution in [0.15, 0.2) is 60.7 Å². The van der Waals surface area contributed by atoms with Crippen LogP contribution < -0.4 is 10.6 Å². The molecule has 0 radical (unpaired) electrons. The van der Waals surface area contributed by atoms with E-state index in [4.69, 9.17) is 17.3 Å². The zero-order chi connectivity index (χ0) is 19.5. The molecule has 1 fully saturated rings. The Kier molecular flexibility index (Phi) is 5.67. The molecule has 6 heteroatoms. The first-order valence-electron chi connectivity index (χ1n) is 9.70. The summed E-state index contributed by atoms with van der Waals surface area (Å²) >= 11 is 6.59. The number of anilines is 1. The normalized spacial score (nSPS) is 16.3. The Morgan fingerprint density at radius 1 is 0.964 bits per heavy atom. The molecule has 0 saturated carbocycles. The highest BCUT2D eigenvalue weighted by atomic mass is 35.5. The van der Waals surface area contributed by atoms with Gasteiger partial charge in [-0.05, 0) is 12.1 Å². The molecular weight excluding hydrogens is 370 g/mol. The monoisotopic (exact) mass is 395 g/mol. The zero-order valence-corrected chi connectivity index (χ0v) is 16.9. The highest BCUT2D eigenvalue weighted by molar-refractivity contribution is 6.30. The lowest BCUT2D eigenvalue weighted by Gasteiger charge is -2.40. The lowest BCUT2D eigenvalue weighted by Crippen LogP contribution is -2.49. The van der Waals surface area contributed by atoms with Crippen molar-refractivity contribution < 1.29 is 0 Å². The Bertz CT molecular complexity index is 901. The molecule has 2 aromatic carbocycles. The number of nitrogens with zero attached hydrogens (tertiary/aromatic N) is 4. The highest BCUT2D eigenvalue weighted by Crippen LogP contribution is 2.32. The van der Waals surface area contributed by atoms with Crippen molar-refractivity contribution in [1.29, 1.82) is 0 Å². The maximum Gasteiger partial charge on any atom is 0.152 e. The minimum atomic E-state index is 0.0559. The third-order valence-electron chi connectivity index (χ3n) is 5.54. The van der Waals surface area contributed by atoms with E-state index in [0.29, 0.717) is 11.7 Å². The average molecular weight is 396 g/mol. The molecule has 5 nitrogen and oxygen atoms in total. The van der Waals surface area contributed by atoms with Gasteiger partial charge in [-0.1, -0.05) is 60.1 Å². The van der Waals surface area contributed by atoms with Crippen LogP contribution >= 0.6 is 11.6 Å². The fourth-order valence-corrected chi connectivity index (χ4v) is 4.38. The van der Waals surface area contributed by atoms with E-state index < -0.39 is 0 Å². The Balaban J connectivity index is 1.55. The summed E-state index contributed by atoms with van der Waals surface area (Å²) in [4.78, 5) is 9.49. The number of aromatic nitrogens is 2. The van der Waals surface area contributed by atoms with E-state index in [0.717, 1.165) is 43.3 Å². The molecule has 2 heterocycles. The lowest BCUT2D eigenvalue weighted by atomic mass is 10.1. The Morgan fingerprint density at radius 3 is 2.18 bits per heavy atom. The summed E-state index contributed by atoms with van der Waals surface area (Å²) in [7, 11) is 2.03. The minimum Gasteiger partial charge on any atom is -0.369 e. The Labute approximate surface area is 171 Å². The first-order valence-corrected chi connectivity index (χ1v) is 10.1. The number of piperazine rings is 1. The van der Waals surface area contributed by atoms with Gasteiger partial charge in [0.1, 0.15) is 5.82 Å². The molecule has 1 unspecified atom stereocenters. The minimum absolute atomic E-state index is 0.0559. The molecule has 4 rings (SSSR count). The van der Waals surface area contributed by atoms with Gasteiger partial charge in [0.25, 0.3) is 0 Å². The van der Waals surface area contributed by atoms with E-state index in [1.165, 1.54) is 5.69 Å². The molecule has 3 aromatic rings. The summed E-state index contributed by atoms with van der Waals surface area (Å²) in [6, 6.07) is 20.8. The van der Waals surface area contributed by atoms with E-state index in [9.17, 15) is 0 Å². The van der Waals surface area contributed by atoms with Gasteiger partial charge in [-0.25, -0.2) is 4.98 Å². The quantitative estimate of drug-likeness (QED) is 0.717. The van der Waals surface area contributed by atoms with Crippen LogP contribution in [0, 0.1) is 0 Å². The van der Waals surface area contributed by atoms with Gasteiger partial charge in [0.2, 0.25) is 0 Å². The molecule has 1 aromatic heterocycles. The van der Waals surface area contributed by atoms with Crippen LogP contribution in [0.4, 0.5) is 5.69 Å². The highest BCUT2D eigenvalue weighted by Gasteiger charge is 2.29. The number of imidazole rings is 1. The Hall–Kier alpha value is -2.34. The molecule has 0 spiro atoms. The second kappa shape index (κ2) is 8.35. The molecule has 1 saturated heterocycles. The molecule has 0 amide bonds. The van der Waals surface area contributed by atoms with Crippen LogP contribution in [-0.2, 0) is 7.05 Å². The maximum absolute atomic E-state index is 6.59. The summed E-state index contributed by atoms with van der Waals surface area (Å²) in [5, 5.41) is 0.544. The van der Waals surface area contributed by atoms with E-state index in [1.807, 2.05) is 25.2 Å². The summed E-state index contributed by atoms with van der Waals surface area (Å²) in [5.41, 5.74) is 9.54. The van der Waals surface area contributed by atoms with Gasteiger partial charge < -0.3 is 15.2 Å². The molecule has 146 valence electrons. The lowest BCUT2D eigenvalue weighted by molar-refractivity contribution is 0.184. The van der Waals surface area contributed by atoms with Gasteiger partial charge in [0.05, 0.1) is 11.7 Å². The maximum atomic E-state index is 6.59. The fraction of sp³-hybridized carbons (Fsp3) is 0.318. The standard InChI is InChI=1S/C22H26ClN5/c1-26-20(21(23)25-22(26)17-8-4-2-5-9-17)19(16-24)28-14-12-27(13-15-28)18-10-6-3-7-11-18/h2-11,19H,12-16,24H2,1H3. The smallest absolute Gasteiger partial charge is 0.152 e. The van der Waals surface area contributed by atoms with Crippen molar-refractivity contribution in [2.75, 3.05) is 37.6 Å². The Morgan fingerprint density at radius 2 is 1.57 bits per heavy atom. The zero-order valence-electron chi connectivity index (χ0n) is 16.1. The van der Waals surface area contributed by atoms with Crippen molar-refractivity contribution in [3.63, 3.8) is 0 Å². The number of halogens is 1. The first kappa shape index (κ1) is 19.0. The van der Waals surface area contributed by atoms with E-state index >= 15 is 0 Å². The van der Waals surface area contributed by atoms with Crippen LogP contribution in [-0.4, -0.2) is 47.2 Å². The van der Waals surface area contributed by atoms with Crippen LogP contribution in [0.25, 0.3) is 11.4 Å². The topological polar surface area (TPSA) is 50.3 Å². The van der Waals surface area contributed by atoms with Gasteiger partial charge in [-0.2, -0.15) is 0 Å². The molecule has 1 atom stereocenters. The second-order valence-electron chi connectivity index (χ2n) is 7.15. The van der Waals surface area contributed by atoms with Gasteiger partial charge in [-0.15, -0.1) is 0 Å². The van der Waals surface area contributed by atoms with Crippen molar-refractivity contribution in [3.8, 4) is 11.4 Å². The number of rotatable bonds is 5. The first-order chi connectivity index (χ1) is 13.7. The summed E-state index contributed by atoms with van der Waals surface area (Å²) < 4.78 is 2.10. The van der Waals surface area contributed by atoms with Crippen LogP contribution in [0.3, 0.4) is 0 Å². The predicted octanol–water partition coefficient (Wildman–Crippen LogP) is 3.56. The van der Waals surface area contributed by atoms with E-state index in [1.54, 1.807) is 0 Å². The summed E-state index contributed by atoms with van der Waals surface area (Å²) in [6.07, 6.45) is 0. The third-order valence-corrected chi connectivity index (χ3v) is 5.82. The van der Waals surface area contributed by atoms with E-state index in [-0.39, 0.29) is 6.04 Å². The third kappa shape index (κ3) is 3.65. The summed E-state index contributed by atoms with van der Waals surface area (Å²) in [5.74, 6) is 0.877. The van der Waals surface area contributed by atoms with Gasteiger partial charge in [0, 0.05) is 51.0 Å². The van der Waals surface area contributed by atoms with Crippen molar-refractivity contribution in [2.45, 2.75) is 6.04 Å². The SMILES string of the molecule is Cn1c(-c2ccccc2)nc(Cl)c1C(CN)N1CCN(c2ccccc2)CC1. The van der Waals surface area contributed by atoms with Gasteiger partial charge in [-0.3, -0.25) is 4.90 Å². The van der Waals surface area contributed by atoms with Crippen LogP contribution in [0.5, 0.6) is 0 Å². The molecule has 1 aliphatic rings. The van der Waals surface area contributed by atoms with Crippen molar-refractivity contribution in [3.05, 3.63) is 71.5 Å². The number of para-hydroxylation sites is 1. The molecular formula is C22H26ClN5. The van der Waals surface area contributed by atoms with Crippen molar-refractivity contribution >= 4 is 17.3 Å². The van der Waals surface area contributed by atoms with Crippen molar-refractivity contribution in [1.82, 2.24) is 14.5 Å². The fourth-order valence-electron chi connectivity index (χ4n) is 4.05. The number of nitrogens with two attached hydrogens (primary N) is 1. The molecule has 28 heavy (non-hydrogen) atoms. The number of hydrogen-bond donors (Lipinski definition) is 1. The van der Waals surface area contributed by atoms with Crippen LogP contribution in [0.2, 0.25) is 5.15 Å². The van der Waals surface area contributed by atoms with Crippen LogP contribution in [0.1, 0.15) is 11.7 Å². The number of hydrogen-bond acceptors (Lipinski definition) is 4. The largest absolute Gasteiger partial charge is 0.369 e. The summed E-state index contributed by atoms with van der Waals surface area (Å²) in [6.45, 7) is 4.35. The van der Waals surface area contributed by atoms with Crippen molar-refractivity contribution in [2.24, 2.45) is 12.8 Å². The molecule has 0 bridgehead atoms. The molecule has 0 aliphatic carbocycles. The second-order valence-corrected chi connectivity index (χ2v) is 7.50. The van der Waals surface area contributed by atoms with Gasteiger partial charge in [0.15, 0.2) is 5.15 Å². The predicted molar refractivity (Wildman–Crippen MR) is 116 cm³/mol. The molecule has 1 aliphatic heterocycles. The van der Waals surface area contributed by atoms with E-state index in [2.05, 4.69) is 61.8 Å².